The molecule has 0 aliphatic carbocycles. The highest BCUT2D eigenvalue weighted by atomic mass is 35.5. The van der Waals surface area contributed by atoms with Gasteiger partial charge < -0.3 is 20.4 Å². The summed E-state index contributed by atoms with van der Waals surface area (Å²) in [5.74, 6) is 0.335. The van der Waals surface area contributed by atoms with Crippen molar-refractivity contribution in [3.63, 3.8) is 0 Å². The molecule has 8 nitrogen and oxygen atoms in total. The smallest absolute Gasteiger partial charge is 0.228 e. The number of amides is 1. The molecule has 2 aliphatic rings. The Morgan fingerprint density at radius 2 is 1.94 bits per heavy atom. The number of anilines is 4. The summed E-state index contributed by atoms with van der Waals surface area (Å²) in [6.45, 7) is 4.00. The van der Waals surface area contributed by atoms with Crippen LogP contribution in [0.1, 0.15) is 5.56 Å². The van der Waals surface area contributed by atoms with E-state index in [9.17, 15) is 4.79 Å². The Balaban J connectivity index is 1.44. The summed E-state index contributed by atoms with van der Waals surface area (Å²) < 4.78 is 0. The van der Waals surface area contributed by atoms with Gasteiger partial charge in [0.15, 0.2) is 0 Å². The normalized spacial score (nSPS) is 16.2. The fourth-order valence-corrected chi connectivity index (χ4v) is 4.06. The number of benzene rings is 1. The van der Waals surface area contributed by atoms with Crippen LogP contribution in [0.2, 0.25) is 5.02 Å². The van der Waals surface area contributed by atoms with Gasteiger partial charge in [0, 0.05) is 48.5 Å². The average molecular weight is 436 g/mol. The first-order chi connectivity index (χ1) is 15.0. The Kier molecular flexibility index (Phi) is 5.17. The summed E-state index contributed by atoms with van der Waals surface area (Å²) in [7, 11) is 2.14. The minimum Gasteiger partial charge on any atom is -0.368 e. The number of likely N-dealkylation sites (N-methyl/N-ethyl adjacent to an activating group) is 1. The summed E-state index contributed by atoms with van der Waals surface area (Å²) in [5, 5.41) is 6.72. The molecule has 1 saturated heterocycles. The maximum absolute atomic E-state index is 12.3. The zero-order valence-corrected chi connectivity index (χ0v) is 17.9. The van der Waals surface area contributed by atoms with Gasteiger partial charge in [0.25, 0.3) is 0 Å². The van der Waals surface area contributed by atoms with Crippen molar-refractivity contribution in [2.75, 3.05) is 48.8 Å². The number of piperazine rings is 1. The molecule has 158 valence electrons. The van der Waals surface area contributed by atoms with Crippen LogP contribution in [0.4, 0.5) is 23.0 Å². The SMILES string of the molecule is CN1CCN(c2cncc(Nc3ncc4c(n3)-c3ccc(Cl)cc3NC(=O)C4)c2)CC1. The van der Waals surface area contributed by atoms with E-state index >= 15 is 0 Å². The van der Waals surface area contributed by atoms with Crippen LogP contribution in [0.15, 0.2) is 42.9 Å². The predicted molar refractivity (Wildman–Crippen MR) is 122 cm³/mol. The van der Waals surface area contributed by atoms with Gasteiger partial charge >= 0.3 is 0 Å². The quantitative estimate of drug-likeness (QED) is 0.653. The number of nitrogens with one attached hydrogen (secondary N) is 2. The maximum atomic E-state index is 12.3. The molecule has 5 rings (SSSR count). The zero-order valence-electron chi connectivity index (χ0n) is 17.1. The van der Waals surface area contributed by atoms with E-state index in [4.69, 9.17) is 16.6 Å². The van der Waals surface area contributed by atoms with Crippen LogP contribution in [0.25, 0.3) is 11.3 Å². The molecule has 2 N–H and O–H groups in total. The number of pyridine rings is 1. The van der Waals surface area contributed by atoms with Crippen LogP contribution >= 0.6 is 11.6 Å². The minimum atomic E-state index is -0.115. The van der Waals surface area contributed by atoms with E-state index in [1.54, 1.807) is 24.5 Å². The van der Waals surface area contributed by atoms with E-state index in [0.29, 0.717) is 22.4 Å². The molecule has 1 aromatic carbocycles. The van der Waals surface area contributed by atoms with Crippen molar-refractivity contribution >= 4 is 40.5 Å². The lowest BCUT2D eigenvalue weighted by Gasteiger charge is -2.33. The summed E-state index contributed by atoms with van der Waals surface area (Å²) in [5.41, 5.74) is 4.84. The van der Waals surface area contributed by atoms with Crippen LogP contribution in [0.3, 0.4) is 0 Å². The molecule has 0 radical (unpaired) electrons. The fraction of sp³-hybridized carbons (Fsp3) is 0.273. The minimum absolute atomic E-state index is 0.115. The van der Waals surface area contributed by atoms with E-state index in [0.717, 1.165) is 48.7 Å². The number of aromatic nitrogens is 3. The van der Waals surface area contributed by atoms with Gasteiger partial charge in [-0.3, -0.25) is 9.78 Å². The Morgan fingerprint density at radius 3 is 2.77 bits per heavy atom. The largest absolute Gasteiger partial charge is 0.368 e. The van der Waals surface area contributed by atoms with Crippen molar-refractivity contribution in [2.45, 2.75) is 6.42 Å². The molecule has 1 fully saturated rings. The third kappa shape index (κ3) is 4.17. The highest BCUT2D eigenvalue weighted by Gasteiger charge is 2.21. The standard InChI is InChI=1S/C22H22ClN7O/c1-29-4-6-30(7-5-29)17-10-16(12-24-13-17)26-22-25-11-14-8-20(31)27-19-9-15(23)2-3-18(19)21(14)28-22/h2-3,9-13H,4-8H2,1H3,(H,27,31)(H,25,26,28). The Bertz CT molecular complexity index is 1140. The number of carbonyl (C=O) groups excluding carboxylic acids is 1. The number of rotatable bonds is 3. The van der Waals surface area contributed by atoms with Crippen molar-refractivity contribution in [3.05, 3.63) is 53.4 Å². The van der Waals surface area contributed by atoms with E-state index in [1.165, 1.54) is 0 Å². The van der Waals surface area contributed by atoms with Gasteiger partial charge in [0.1, 0.15) is 0 Å². The van der Waals surface area contributed by atoms with E-state index in [1.807, 2.05) is 12.3 Å². The van der Waals surface area contributed by atoms with Crippen molar-refractivity contribution in [1.29, 1.82) is 0 Å². The molecule has 4 heterocycles. The first-order valence-corrected chi connectivity index (χ1v) is 10.5. The Labute approximate surface area is 185 Å². The topological polar surface area (TPSA) is 86.3 Å². The van der Waals surface area contributed by atoms with Gasteiger partial charge in [-0.05, 0) is 31.3 Å². The molecule has 0 saturated carbocycles. The average Bonchev–Trinajstić information content (AvgIpc) is 2.89. The van der Waals surface area contributed by atoms with Crippen LogP contribution in [-0.4, -0.2) is 59.0 Å². The second kappa shape index (κ2) is 8.13. The van der Waals surface area contributed by atoms with Crippen LogP contribution in [0, 0.1) is 0 Å². The molecule has 1 amide bonds. The third-order valence-corrected chi connectivity index (χ3v) is 5.81. The summed E-state index contributed by atoms with van der Waals surface area (Å²) in [6, 6.07) is 7.46. The Morgan fingerprint density at radius 1 is 1.10 bits per heavy atom. The van der Waals surface area contributed by atoms with Crippen LogP contribution < -0.4 is 15.5 Å². The maximum Gasteiger partial charge on any atom is 0.228 e. The molecule has 2 aliphatic heterocycles. The summed E-state index contributed by atoms with van der Waals surface area (Å²) >= 11 is 6.12. The van der Waals surface area contributed by atoms with Gasteiger partial charge in [-0.2, -0.15) is 0 Å². The fourth-order valence-electron chi connectivity index (χ4n) is 3.89. The first-order valence-electron chi connectivity index (χ1n) is 10.2. The first kappa shape index (κ1) is 19.7. The lowest BCUT2D eigenvalue weighted by Crippen LogP contribution is -2.44. The molecule has 0 spiro atoms. The highest BCUT2D eigenvalue weighted by Crippen LogP contribution is 2.35. The summed E-state index contributed by atoms with van der Waals surface area (Å²) in [6.07, 6.45) is 5.55. The lowest BCUT2D eigenvalue weighted by atomic mass is 10.1. The molecule has 2 aromatic heterocycles. The Hall–Kier alpha value is -3.23. The van der Waals surface area contributed by atoms with Crippen molar-refractivity contribution in [2.24, 2.45) is 0 Å². The predicted octanol–water partition coefficient (Wildman–Crippen LogP) is 3.18. The van der Waals surface area contributed by atoms with Gasteiger partial charge in [-0.15, -0.1) is 0 Å². The van der Waals surface area contributed by atoms with Gasteiger partial charge in [0.05, 0.1) is 41.6 Å². The molecule has 0 atom stereocenters. The van der Waals surface area contributed by atoms with Crippen molar-refractivity contribution in [1.82, 2.24) is 19.9 Å². The molecule has 0 unspecified atom stereocenters. The number of halogens is 1. The summed E-state index contributed by atoms with van der Waals surface area (Å²) in [4.78, 5) is 30.4. The van der Waals surface area contributed by atoms with E-state index < -0.39 is 0 Å². The van der Waals surface area contributed by atoms with Crippen LogP contribution in [-0.2, 0) is 11.2 Å². The van der Waals surface area contributed by atoms with E-state index in [-0.39, 0.29) is 12.3 Å². The molecule has 9 heteroatoms. The second-order valence-electron chi connectivity index (χ2n) is 7.83. The lowest BCUT2D eigenvalue weighted by molar-refractivity contribution is -0.115. The molecule has 0 bridgehead atoms. The molecule has 3 aromatic rings. The number of carbonyl (C=O) groups is 1. The number of nitrogens with zero attached hydrogens (tertiary/aromatic N) is 5. The number of fused-ring (bicyclic) bond motifs is 3. The molecular weight excluding hydrogens is 414 g/mol. The van der Waals surface area contributed by atoms with Gasteiger partial charge in [-0.25, -0.2) is 9.97 Å². The molecule has 31 heavy (non-hydrogen) atoms. The van der Waals surface area contributed by atoms with Crippen molar-refractivity contribution < 1.29 is 4.79 Å². The van der Waals surface area contributed by atoms with Gasteiger partial charge in [-0.1, -0.05) is 11.6 Å². The monoisotopic (exact) mass is 435 g/mol. The highest BCUT2D eigenvalue weighted by molar-refractivity contribution is 6.31. The van der Waals surface area contributed by atoms with Crippen molar-refractivity contribution in [3.8, 4) is 11.3 Å². The number of hydrogen-bond acceptors (Lipinski definition) is 7. The van der Waals surface area contributed by atoms with E-state index in [2.05, 4.69) is 43.5 Å². The molecular formula is C22H22ClN7O. The van der Waals surface area contributed by atoms with Gasteiger partial charge in [0.2, 0.25) is 11.9 Å². The third-order valence-electron chi connectivity index (χ3n) is 5.57. The van der Waals surface area contributed by atoms with Crippen LogP contribution in [0.5, 0.6) is 0 Å². The zero-order chi connectivity index (χ0) is 21.4. The second-order valence-corrected chi connectivity index (χ2v) is 8.27. The number of hydrogen-bond donors (Lipinski definition) is 2.